The average Bonchev–Trinajstić information content (AvgIpc) is 2.28. The van der Waals surface area contributed by atoms with Gasteiger partial charge in [0, 0.05) is 24.6 Å². The highest BCUT2D eigenvalue weighted by molar-refractivity contribution is 5.15. The molecule has 1 unspecified atom stereocenters. The largest absolute Gasteiger partial charge is 0.502 e. The smallest absolute Gasteiger partial charge is 0.226 e. The maximum atomic E-state index is 11.3. The molecule has 0 aromatic carbocycles. The van der Waals surface area contributed by atoms with E-state index in [0.717, 1.165) is 25.8 Å². The van der Waals surface area contributed by atoms with Crippen molar-refractivity contribution in [3.63, 3.8) is 0 Å². The number of aliphatic hydroxyl groups is 1. The molecule has 0 bridgehead atoms. The van der Waals surface area contributed by atoms with Crippen molar-refractivity contribution in [2.24, 2.45) is 5.41 Å². The van der Waals surface area contributed by atoms with Gasteiger partial charge in [-0.2, -0.15) is 0 Å². The van der Waals surface area contributed by atoms with Gasteiger partial charge >= 0.3 is 0 Å². The van der Waals surface area contributed by atoms with E-state index in [9.17, 15) is 9.90 Å². The number of aromatic hydroxyl groups is 1. The van der Waals surface area contributed by atoms with E-state index in [-0.39, 0.29) is 17.3 Å². The Morgan fingerprint density at radius 1 is 1.56 bits per heavy atom. The summed E-state index contributed by atoms with van der Waals surface area (Å²) >= 11 is 0. The van der Waals surface area contributed by atoms with Gasteiger partial charge in [-0.15, -0.1) is 0 Å². The first-order valence-corrected chi connectivity index (χ1v) is 6.09. The molecule has 0 spiro atoms. The van der Waals surface area contributed by atoms with Gasteiger partial charge in [-0.25, -0.2) is 0 Å². The monoisotopic (exact) mass is 253 g/mol. The number of hydrogen-bond acceptors (Lipinski definition) is 5. The van der Waals surface area contributed by atoms with E-state index in [1.165, 1.54) is 6.07 Å². The quantitative estimate of drug-likeness (QED) is 0.820. The summed E-state index contributed by atoms with van der Waals surface area (Å²) in [7, 11) is 0. The lowest BCUT2D eigenvalue weighted by atomic mass is 9.81. The fourth-order valence-corrected chi connectivity index (χ4v) is 2.34. The van der Waals surface area contributed by atoms with Crippen molar-refractivity contribution in [2.45, 2.75) is 32.9 Å². The van der Waals surface area contributed by atoms with Crippen LogP contribution in [0.15, 0.2) is 21.5 Å². The Hall–Kier alpha value is -1.33. The molecule has 1 aromatic rings. The summed E-state index contributed by atoms with van der Waals surface area (Å²) in [5.74, 6) is 0.165. The van der Waals surface area contributed by atoms with Gasteiger partial charge in [0.2, 0.25) is 5.43 Å². The molecule has 18 heavy (non-hydrogen) atoms. The van der Waals surface area contributed by atoms with Gasteiger partial charge in [-0.3, -0.25) is 9.69 Å². The van der Waals surface area contributed by atoms with E-state index in [0.29, 0.717) is 12.3 Å². The van der Waals surface area contributed by atoms with E-state index in [4.69, 9.17) is 9.52 Å². The molecule has 1 fully saturated rings. The average molecular weight is 253 g/mol. The van der Waals surface area contributed by atoms with Crippen molar-refractivity contribution in [3.8, 4) is 5.75 Å². The topological polar surface area (TPSA) is 73.9 Å². The molecule has 1 saturated heterocycles. The Balaban J connectivity index is 2.06. The second-order valence-electron chi connectivity index (χ2n) is 5.60. The van der Waals surface area contributed by atoms with Gasteiger partial charge in [-0.1, -0.05) is 13.8 Å². The summed E-state index contributed by atoms with van der Waals surface area (Å²) < 4.78 is 5.18. The number of rotatable bonds is 2. The Kier molecular flexibility index (Phi) is 3.45. The first-order chi connectivity index (χ1) is 8.38. The standard InChI is InChI=1S/C13H19NO4/c1-13(2)8-14(4-3-12(13)17)6-9-5-10(15)11(16)7-18-9/h5,7,12,16-17H,3-4,6,8H2,1-2H3. The zero-order valence-corrected chi connectivity index (χ0v) is 10.7. The minimum atomic E-state index is -0.424. The van der Waals surface area contributed by atoms with Gasteiger partial charge in [-0.05, 0) is 6.42 Å². The fourth-order valence-electron chi connectivity index (χ4n) is 2.34. The third-order valence-electron chi connectivity index (χ3n) is 3.50. The minimum Gasteiger partial charge on any atom is -0.502 e. The summed E-state index contributed by atoms with van der Waals surface area (Å²) in [6.45, 7) is 6.09. The second-order valence-corrected chi connectivity index (χ2v) is 5.60. The number of hydrogen-bond donors (Lipinski definition) is 2. The van der Waals surface area contributed by atoms with Crippen LogP contribution in [-0.2, 0) is 6.54 Å². The molecule has 0 saturated carbocycles. The second kappa shape index (κ2) is 4.74. The lowest BCUT2D eigenvalue weighted by Gasteiger charge is -2.41. The molecule has 0 aliphatic carbocycles. The molecule has 1 aromatic heterocycles. The van der Waals surface area contributed by atoms with E-state index in [1.54, 1.807) is 0 Å². The Labute approximate surface area is 106 Å². The summed E-state index contributed by atoms with van der Waals surface area (Å²) in [6, 6.07) is 1.31. The minimum absolute atomic E-state index is 0.157. The van der Waals surface area contributed by atoms with Crippen LogP contribution in [0.4, 0.5) is 0 Å². The molecule has 1 aliphatic rings. The Bertz CT molecular complexity index is 480. The molecule has 5 nitrogen and oxygen atoms in total. The summed E-state index contributed by atoms with van der Waals surface area (Å²) in [5.41, 5.74) is -0.581. The Morgan fingerprint density at radius 2 is 2.28 bits per heavy atom. The SMILES string of the molecule is CC1(C)CN(Cc2cc(=O)c(O)co2)CCC1O. The third-order valence-corrected chi connectivity index (χ3v) is 3.50. The van der Waals surface area contributed by atoms with Crippen molar-refractivity contribution in [2.75, 3.05) is 13.1 Å². The Morgan fingerprint density at radius 3 is 2.89 bits per heavy atom. The van der Waals surface area contributed by atoms with Crippen LogP contribution >= 0.6 is 0 Å². The van der Waals surface area contributed by atoms with E-state index < -0.39 is 5.43 Å². The maximum Gasteiger partial charge on any atom is 0.226 e. The molecule has 0 radical (unpaired) electrons. The first-order valence-electron chi connectivity index (χ1n) is 6.09. The first kappa shape index (κ1) is 13.1. The molecule has 1 atom stereocenters. The normalized spacial score (nSPS) is 24.1. The zero-order chi connectivity index (χ0) is 13.3. The van der Waals surface area contributed by atoms with Crippen LogP contribution in [0, 0.1) is 5.41 Å². The van der Waals surface area contributed by atoms with E-state index >= 15 is 0 Å². The van der Waals surface area contributed by atoms with Crippen LogP contribution in [0.25, 0.3) is 0 Å². The van der Waals surface area contributed by atoms with Crippen LogP contribution in [0.5, 0.6) is 5.75 Å². The van der Waals surface area contributed by atoms with Crippen molar-refractivity contribution in [1.82, 2.24) is 4.90 Å². The summed E-state index contributed by atoms with van der Waals surface area (Å²) in [5, 5.41) is 19.0. The lowest BCUT2D eigenvalue weighted by molar-refractivity contribution is -0.0288. The van der Waals surface area contributed by atoms with Crippen molar-refractivity contribution >= 4 is 0 Å². The number of aliphatic hydroxyl groups excluding tert-OH is 1. The van der Waals surface area contributed by atoms with Gasteiger partial charge in [0.1, 0.15) is 12.0 Å². The highest BCUT2D eigenvalue weighted by atomic mass is 16.4. The molecule has 1 aliphatic heterocycles. The zero-order valence-electron chi connectivity index (χ0n) is 10.7. The molecule has 5 heteroatoms. The number of nitrogens with zero attached hydrogens (tertiary/aromatic N) is 1. The maximum absolute atomic E-state index is 11.3. The molecular formula is C13H19NO4. The van der Waals surface area contributed by atoms with Gasteiger partial charge in [0.25, 0.3) is 0 Å². The van der Waals surface area contributed by atoms with Gasteiger partial charge in [0.15, 0.2) is 5.75 Å². The predicted octanol–water partition coefficient (Wildman–Crippen LogP) is 0.938. The fraction of sp³-hybridized carbons (Fsp3) is 0.615. The molecule has 2 rings (SSSR count). The predicted molar refractivity (Wildman–Crippen MR) is 66.3 cm³/mol. The van der Waals surface area contributed by atoms with Crippen LogP contribution in [-0.4, -0.2) is 34.3 Å². The van der Waals surface area contributed by atoms with Crippen molar-refractivity contribution in [3.05, 3.63) is 28.3 Å². The van der Waals surface area contributed by atoms with E-state index in [2.05, 4.69) is 4.90 Å². The van der Waals surface area contributed by atoms with Crippen LogP contribution in [0.3, 0.4) is 0 Å². The van der Waals surface area contributed by atoms with Crippen LogP contribution in [0.2, 0.25) is 0 Å². The van der Waals surface area contributed by atoms with E-state index in [1.807, 2.05) is 13.8 Å². The molecular weight excluding hydrogens is 234 g/mol. The van der Waals surface area contributed by atoms with Gasteiger partial charge < -0.3 is 14.6 Å². The summed E-state index contributed by atoms with van der Waals surface area (Å²) in [4.78, 5) is 13.4. The van der Waals surface area contributed by atoms with Crippen molar-refractivity contribution < 1.29 is 14.6 Å². The molecule has 100 valence electrons. The van der Waals surface area contributed by atoms with Crippen molar-refractivity contribution in [1.29, 1.82) is 0 Å². The molecule has 0 amide bonds. The van der Waals surface area contributed by atoms with Crippen LogP contribution in [0.1, 0.15) is 26.0 Å². The molecule has 2 heterocycles. The number of piperidine rings is 1. The van der Waals surface area contributed by atoms with Gasteiger partial charge in [0.05, 0.1) is 12.6 Å². The van der Waals surface area contributed by atoms with Crippen LogP contribution < -0.4 is 5.43 Å². The highest BCUT2D eigenvalue weighted by Crippen LogP contribution is 2.29. The number of likely N-dealkylation sites (tertiary alicyclic amines) is 1. The highest BCUT2D eigenvalue weighted by Gasteiger charge is 2.34. The lowest BCUT2D eigenvalue weighted by Crippen LogP contribution is -2.48. The third kappa shape index (κ3) is 2.73. The molecule has 2 N–H and O–H groups in total. The summed E-state index contributed by atoms with van der Waals surface area (Å²) in [6.07, 6.45) is 1.50.